The van der Waals surface area contributed by atoms with E-state index in [1.54, 1.807) is 6.20 Å². The first-order chi connectivity index (χ1) is 8.04. The van der Waals surface area contributed by atoms with E-state index in [4.69, 9.17) is 4.74 Å². The SMILES string of the molecule is CCOC(C(=O)Cc1ccc(Br)cn1)C(C)C. The highest BCUT2D eigenvalue weighted by atomic mass is 79.9. The van der Waals surface area contributed by atoms with E-state index in [0.717, 1.165) is 10.2 Å². The molecular formula is C13H18BrNO2. The van der Waals surface area contributed by atoms with Crippen molar-refractivity contribution in [2.75, 3.05) is 6.61 Å². The molecule has 1 aromatic rings. The molecule has 4 heteroatoms. The van der Waals surface area contributed by atoms with Gasteiger partial charge in [-0.2, -0.15) is 0 Å². The summed E-state index contributed by atoms with van der Waals surface area (Å²) < 4.78 is 6.39. The maximum atomic E-state index is 12.1. The minimum absolute atomic E-state index is 0.0941. The lowest BCUT2D eigenvalue weighted by atomic mass is 9.99. The number of pyridine rings is 1. The monoisotopic (exact) mass is 299 g/mol. The van der Waals surface area contributed by atoms with Crippen LogP contribution in [0, 0.1) is 5.92 Å². The highest BCUT2D eigenvalue weighted by Crippen LogP contribution is 2.12. The summed E-state index contributed by atoms with van der Waals surface area (Å²) >= 11 is 3.32. The van der Waals surface area contributed by atoms with Crippen LogP contribution in [-0.2, 0) is 16.0 Å². The molecule has 94 valence electrons. The van der Waals surface area contributed by atoms with Crippen LogP contribution in [0.3, 0.4) is 0 Å². The average Bonchev–Trinajstić information content (AvgIpc) is 2.28. The second-order valence-electron chi connectivity index (χ2n) is 4.23. The van der Waals surface area contributed by atoms with E-state index >= 15 is 0 Å². The van der Waals surface area contributed by atoms with Gasteiger partial charge in [0.2, 0.25) is 0 Å². The molecule has 0 aromatic carbocycles. The number of carbonyl (C=O) groups is 1. The first kappa shape index (κ1) is 14.3. The molecule has 1 aromatic heterocycles. The molecule has 1 unspecified atom stereocenters. The van der Waals surface area contributed by atoms with Gasteiger partial charge in [-0.15, -0.1) is 0 Å². The first-order valence-corrected chi connectivity index (χ1v) is 6.58. The van der Waals surface area contributed by atoms with Crippen molar-refractivity contribution < 1.29 is 9.53 Å². The smallest absolute Gasteiger partial charge is 0.167 e. The molecule has 0 amide bonds. The van der Waals surface area contributed by atoms with E-state index in [2.05, 4.69) is 20.9 Å². The zero-order valence-corrected chi connectivity index (χ0v) is 12.0. The Balaban J connectivity index is 2.66. The predicted octanol–water partition coefficient (Wildman–Crippen LogP) is 3.02. The van der Waals surface area contributed by atoms with Gasteiger partial charge >= 0.3 is 0 Å². The maximum Gasteiger partial charge on any atom is 0.167 e. The zero-order valence-electron chi connectivity index (χ0n) is 10.4. The highest BCUT2D eigenvalue weighted by Gasteiger charge is 2.22. The lowest BCUT2D eigenvalue weighted by Crippen LogP contribution is -2.31. The largest absolute Gasteiger partial charge is 0.370 e. The summed E-state index contributed by atoms with van der Waals surface area (Å²) in [5.74, 6) is 0.287. The molecule has 0 bridgehead atoms. The van der Waals surface area contributed by atoms with Gasteiger partial charge in [-0.1, -0.05) is 13.8 Å². The molecule has 17 heavy (non-hydrogen) atoms. The number of hydrogen-bond donors (Lipinski definition) is 0. The molecule has 1 heterocycles. The van der Waals surface area contributed by atoms with Crippen LogP contribution >= 0.6 is 15.9 Å². The minimum atomic E-state index is -0.328. The van der Waals surface area contributed by atoms with Gasteiger partial charge in [0.05, 0.1) is 6.42 Å². The van der Waals surface area contributed by atoms with Crippen molar-refractivity contribution in [3.05, 3.63) is 28.5 Å². The van der Waals surface area contributed by atoms with Gasteiger partial charge in [0, 0.05) is 23.0 Å². The number of rotatable bonds is 6. The molecule has 0 saturated carbocycles. The lowest BCUT2D eigenvalue weighted by Gasteiger charge is -2.19. The normalized spacial score (nSPS) is 12.8. The van der Waals surface area contributed by atoms with E-state index in [-0.39, 0.29) is 17.8 Å². The molecule has 0 radical (unpaired) electrons. The van der Waals surface area contributed by atoms with Gasteiger partial charge in [-0.25, -0.2) is 0 Å². The van der Waals surface area contributed by atoms with Gasteiger partial charge in [0.15, 0.2) is 5.78 Å². The van der Waals surface area contributed by atoms with Gasteiger partial charge in [-0.05, 0) is 40.9 Å². The fourth-order valence-corrected chi connectivity index (χ4v) is 1.86. The minimum Gasteiger partial charge on any atom is -0.370 e. The summed E-state index contributed by atoms with van der Waals surface area (Å²) in [4.78, 5) is 16.2. The van der Waals surface area contributed by atoms with Crippen molar-refractivity contribution in [2.45, 2.75) is 33.3 Å². The molecule has 0 aliphatic carbocycles. The third-order valence-corrected chi connectivity index (χ3v) is 2.88. The molecule has 0 N–H and O–H groups in total. The number of aromatic nitrogens is 1. The second-order valence-corrected chi connectivity index (χ2v) is 5.15. The van der Waals surface area contributed by atoms with Crippen LogP contribution in [0.5, 0.6) is 0 Å². The quantitative estimate of drug-likeness (QED) is 0.810. The zero-order chi connectivity index (χ0) is 12.8. The van der Waals surface area contributed by atoms with Crippen molar-refractivity contribution in [3.8, 4) is 0 Å². The summed E-state index contributed by atoms with van der Waals surface area (Å²) in [6.45, 7) is 6.45. The highest BCUT2D eigenvalue weighted by molar-refractivity contribution is 9.10. The fourth-order valence-electron chi connectivity index (χ4n) is 1.63. The number of nitrogens with zero attached hydrogens (tertiary/aromatic N) is 1. The molecule has 1 rings (SSSR count). The molecule has 0 aliphatic rings. The molecule has 0 fully saturated rings. The summed E-state index contributed by atoms with van der Waals surface area (Å²) in [6.07, 6.45) is 1.70. The average molecular weight is 300 g/mol. The van der Waals surface area contributed by atoms with Gasteiger partial charge in [0.25, 0.3) is 0 Å². The number of hydrogen-bond acceptors (Lipinski definition) is 3. The van der Waals surface area contributed by atoms with Crippen molar-refractivity contribution in [3.63, 3.8) is 0 Å². The Morgan fingerprint density at radius 2 is 2.18 bits per heavy atom. The van der Waals surface area contributed by atoms with E-state index in [0.29, 0.717) is 13.0 Å². The summed E-state index contributed by atoms with van der Waals surface area (Å²) in [5, 5.41) is 0. The standard InChI is InChI=1S/C13H18BrNO2/c1-4-17-13(9(2)3)12(16)7-11-6-5-10(14)8-15-11/h5-6,8-9,13H,4,7H2,1-3H3. The predicted molar refractivity (Wildman–Crippen MR) is 70.9 cm³/mol. The Labute approximate surface area is 111 Å². The van der Waals surface area contributed by atoms with Crippen molar-refractivity contribution >= 4 is 21.7 Å². The van der Waals surface area contributed by atoms with E-state index in [9.17, 15) is 4.79 Å². The van der Waals surface area contributed by atoms with Crippen molar-refractivity contribution in [2.24, 2.45) is 5.92 Å². The number of carbonyl (C=O) groups excluding carboxylic acids is 1. The van der Waals surface area contributed by atoms with Gasteiger partial charge in [0.1, 0.15) is 6.10 Å². The molecule has 0 aliphatic heterocycles. The van der Waals surface area contributed by atoms with Crippen molar-refractivity contribution in [1.82, 2.24) is 4.98 Å². The lowest BCUT2D eigenvalue weighted by molar-refractivity contribution is -0.132. The van der Waals surface area contributed by atoms with E-state index < -0.39 is 0 Å². The third-order valence-electron chi connectivity index (χ3n) is 2.41. The molecule has 3 nitrogen and oxygen atoms in total. The molecular weight excluding hydrogens is 282 g/mol. The van der Waals surface area contributed by atoms with Crippen LogP contribution in [0.15, 0.2) is 22.8 Å². The van der Waals surface area contributed by atoms with E-state index in [1.807, 2.05) is 32.9 Å². The van der Waals surface area contributed by atoms with Gasteiger partial charge < -0.3 is 4.74 Å². The van der Waals surface area contributed by atoms with Crippen LogP contribution in [-0.4, -0.2) is 23.5 Å². The Morgan fingerprint density at radius 1 is 1.47 bits per heavy atom. The van der Waals surface area contributed by atoms with Crippen LogP contribution in [0.4, 0.5) is 0 Å². The number of halogens is 1. The van der Waals surface area contributed by atoms with E-state index in [1.165, 1.54) is 0 Å². The van der Waals surface area contributed by atoms with Gasteiger partial charge in [-0.3, -0.25) is 9.78 Å². The Bertz CT molecular complexity index is 362. The summed E-state index contributed by atoms with van der Waals surface area (Å²) in [7, 11) is 0. The fraction of sp³-hybridized carbons (Fsp3) is 0.538. The Kier molecular flexibility index (Phi) is 5.78. The third kappa shape index (κ3) is 4.56. The van der Waals surface area contributed by atoms with Crippen LogP contribution in [0.1, 0.15) is 26.5 Å². The van der Waals surface area contributed by atoms with Crippen LogP contribution in [0.2, 0.25) is 0 Å². The Morgan fingerprint density at radius 3 is 2.65 bits per heavy atom. The number of Topliss-reactive ketones (excluding diaryl/α,β-unsaturated/α-hetero) is 1. The second kappa shape index (κ2) is 6.87. The Hall–Kier alpha value is -0.740. The first-order valence-electron chi connectivity index (χ1n) is 5.79. The summed E-state index contributed by atoms with van der Waals surface area (Å²) in [5.41, 5.74) is 0.781. The molecule has 0 spiro atoms. The topological polar surface area (TPSA) is 39.2 Å². The van der Waals surface area contributed by atoms with Crippen molar-refractivity contribution in [1.29, 1.82) is 0 Å². The molecule has 0 saturated heterocycles. The van der Waals surface area contributed by atoms with Crippen LogP contribution < -0.4 is 0 Å². The van der Waals surface area contributed by atoms with Crippen LogP contribution in [0.25, 0.3) is 0 Å². The number of ketones is 1. The summed E-state index contributed by atoms with van der Waals surface area (Å²) in [6, 6.07) is 3.74. The maximum absolute atomic E-state index is 12.1. The molecule has 1 atom stereocenters. The number of ether oxygens (including phenoxy) is 1.